The molecule has 0 saturated carbocycles. The van der Waals surface area contributed by atoms with Crippen molar-refractivity contribution in [3.05, 3.63) is 58.8 Å². The van der Waals surface area contributed by atoms with Gasteiger partial charge in [-0.2, -0.15) is 4.91 Å². The Morgan fingerprint density at radius 2 is 2.09 bits per heavy atom. The van der Waals surface area contributed by atoms with Crippen molar-refractivity contribution >= 4 is 11.4 Å². The molecule has 4 nitrogen and oxygen atoms in total. The van der Waals surface area contributed by atoms with E-state index in [1.54, 1.807) is 6.20 Å². The van der Waals surface area contributed by atoms with Crippen LogP contribution >= 0.6 is 0 Å². The van der Waals surface area contributed by atoms with E-state index in [0.717, 1.165) is 24.3 Å². The summed E-state index contributed by atoms with van der Waals surface area (Å²) in [6, 6.07) is 8.40. The largest absolute Gasteiger partial charge is 0.344 e. The van der Waals surface area contributed by atoms with Gasteiger partial charge < -0.3 is 4.90 Å². The van der Waals surface area contributed by atoms with Crippen LogP contribution in [0.15, 0.2) is 58.5 Å². The summed E-state index contributed by atoms with van der Waals surface area (Å²) in [5.41, 5.74) is 5.85. The standard InChI is InChI=1S/C18H23N3O/c1-5-19-14(3)13(2)15(4)21-12-16(10-11-20-22)17-8-6-7-9-18(17)21/h5-9,16H,1,10-12H2,2-4H3/b15-13+,19-14-. The third kappa shape index (κ3) is 3.16. The molecule has 1 aliphatic rings. The number of para-hydroxylation sites is 1. The molecule has 4 heteroatoms. The number of rotatable bonds is 6. The number of allylic oxidation sites excluding steroid dienone is 2. The van der Waals surface area contributed by atoms with Crippen molar-refractivity contribution in [3.63, 3.8) is 0 Å². The summed E-state index contributed by atoms with van der Waals surface area (Å²) in [4.78, 5) is 17.1. The molecule has 0 aliphatic carbocycles. The summed E-state index contributed by atoms with van der Waals surface area (Å²) in [6.07, 6.45) is 2.37. The Bertz CT molecular complexity index is 631. The molecule has 1 atom stereocenters. The normalized spacial score (nSPS) is 18.8. The number of benzene rings is 1. The van der Waals surface area contributed by atoms with Crippen LogP contribution in [0.2, 0.25) is 0 Å². The van der Waals surface area contributed by atoms with Crippen LogP contribution in [0.1, 0.15) is 38.7 Å². The molecular weight excluding hydrogens is 274 g/mol. The fourth-order valence-corrected chi connectivity index (χ4v) is 2.97. The monoisotopic (exact) mass is 297 g/mol. The zero-order valence-electron chi connectivity index (χ0n) is 13.5. The summed E-state index contributed by atoms with van der Waals surface area (Å²) in [5.74, 6) is 0.355. The topological polar surface area (TPSA) is 45.0 Å². The van der Waals surface area contributed by atoms with Gasteiger partial charge in [0.2, 0.25) is 0 Å². The minimum Gasteiger partial charge on any atom is -0.344 e. The second kappa shape index (κ2) is 7.16. The average molecular weight is 297 g/mol. The highest BCUT2D eigenvalue weighted by atomic mass is 16.3. The summed E-state index contributed by atoms with van der Waals surface area (Å²) in [7, 11) is 0. The lowest BCUT2D eigenvalue weighted by Gasteiger charge is -2.23. The molecule has 0 spiro atoms. The first-order chi connectivity index (χ1) is 10.6. The van der Waals surface area contributed by atoms with Gasteiger partial charge in [0.1, 0.15) is 0 Å². The third-order valence-electron chi connectivity index (χ3n) is 4.41. The quantitative estimate of drug-likeness (QED) is 0.567. The summed E-state index contributed by atoms with van der Waals surface area (Å²) in [6.45, 7) is 11.1. The molecule has 1 aromatic rings. The Kier molecular flexibility index (Phi) is 5.26. The van der Waals surface area contributed by atoms with Crippen molar-refractivity contribution < 1.29 is 0 Å². The smallest absolute Gasteiger partial charge is 0.0817 e. The van der Waals surface area contributed by atoms with E-state index >= 15 is 0 Å². The van der Waals surface area contributed by atoms with Crippen LogP contribution in [-0.4, -0.2) is 18.8 Å². The first-order valence-corrected chi connectivity index (χ1v) is 7.58. The van der Waals surface area contributed by atoms with E-state index in [9.17, 15) is 4.91 Å². The van der Waals surface area contributed by atoms with Gasteiger partial charge in [0.05, 0.1) is 6.54 Å². The Morgan fingerprint density at radius 1 is 1.36 bits per heavy atom. The van der Waals surface area contributed by atoms with Crippen LogP contribution in [-0.2, 0) is 0 Å². The summed E-state index contributed by atoms with van der Waals surface area (Å²) >= 11 is 0. The van der Waals surface area contributed by atoms with Gasteiger partial charge in [-0.15, -0.1) is 0 Å². The number of hydrogen-bond donors (Lipinski definition) is 0. The van der Waals surface area contributed by atoms with Crippen LogP contribution < -0.4 is 4.90 Å². The first kappa shape index (κ1) is 16.1. The fourth-order valence-electron chi connectivity index (χ4n) is 2.97. The number of hydrogen-bond acceptors (Lipinski definition) is 4. The number of aliphatic imine (C=N–C) groups is 1. The Balaban J connectivity index is 2.37. The van der Waals surface area contributed by atoms with Crippen LogP contribution in [0.3, 0.4) is 0 Å². The van der Waals surface area contributed by atoms with Gasteiger partial charge in [0.25, 0.3) is 0 Å². The lowest BCUT2D eigenvalue weighted by molar-refractivity contribution is 0.661. The SMILES string of the molecule is C=C/N=C(C)\C(C)=C(/C)N1CC(CCN=O)c2ccccc21. The van der Waals surface area contributed by atoms with E-state index in [1.165, 1.54) is 16.9 Å². The van der Waals surface area contributed by atoms with Gasteiger partial charge in [-0.1, -0.05) is 30.0 Å². The minimum atomic E-state index is 0.355. The molecule has 0 aromatic heterocycles. The van der Waals surface area contributed by atoms with Gasteiger partial charge >= 0.3 is 0 Å². The maximum absolute atomic E-state index is 10.5. The number of nitroso groups, excluding NO2 is 1. The predicted octanol–water partition coefficient (Wildman–Crippen LogP) is 4.65. The molecule has 0 bridgehead atoms. The molecule has 0 fully saturated rings. The van der Waals surface area contributed by atoms with Gasteiger partial charge in [-0.05, 0) is 44.4 Å². The van der Waals surface area contributed by atoms with Gasteiger partial charge in [-0.3, -0.25) is 4.99 Å². The van der Waals surface area contributed by atoms with Crippen LogP contribution in [0.4, 0.5) is 5.69 Å². The fraction of sp³-hybridized carbons (Fsp3) is 0.389. The Morgan fingerprint density at radius 3 is 2.77 bits per heavy atom. The van der Waals surface area contributed by atoms with Gasteiger partial charge in [0.15, 0.2) is 0 Å². The highest BCUT2D eigenvalue weighted by Crippen LogP contribution is 2.40. The van der Waals surface area contributed by atoms with Gasteiger partial charge in [0, 0.05) is 35.8 Å². The maximum atomic E-state index is 10.5. The van der Waals surface area contributed by atoms with Crippen molar-refractivity contribution in [3.8, 4) is 0 Å². The van der Waals surface area contributed by atoms with E-state index in [0.29, 0.717) is 12.5 Å². The van der Waals surface area contributed by atoms with E-state index in [-0.39, 0.29) is 0 Å². The summed E-state index contributed by atoms with van der Waals surface area (Å²) in [5, 5.41) is 3.02. The maximum Gasteiger partial charge on any atom is 0.0817 e. The molecule has 116 valence electrons. The van der Waals surface area contributed by atoms with Crippen molar-refractivity contribution in [2.45, 2.75) is 33.1 Å². The van der Waals surface area contributed by atoms with Crippen LogP contribution in [0, 0.1) is 4.91 Å². The van der Waals surface area contributed by atoms with Crippen molar-refractivity contribution in [1.29, 1.82) is 0 Å². The van der Waals surface area contributed by atoms with Gasteiger partial charge in [-0.25, -0.2) is 0 Å². The van der Waals surface area contributed by atoms with Crippen molar-refractivity contribution in [2.24, 2.45) is 10.2 Å². The number of fused-ring (bicyclic) bond motifs is 1. The number of nitrogens with zero attached hydrogens (tertiary/aromatic N) is 3. The minimum absolute atomic E-state index is 0.355. The zero-order chi connectivity index (χ0) is 16.1. The molecule has 0 amide bonds. The second-order valence-corrected chi connectivity index (χ2v) is 5.62. The third-order valence-corrected chi connectivity index (χ3v) is 4.41. The average Bonchev–Trinajstić information content (AvgIpc) is 2.90. The molecule has 1 heterocycles. The molecule has 2 rings (SSSR count). The highest BCUT2D eigenvalue weighted by Gasteiger charge is 2.29. The van der Waals surface area contributed by atoms with Crippen molar-refractivity contribution in [2.75, 3.05) is 18.0 Å². The molecule has 1 aromatic carbocycles. The van der Waals surface area contributed by atoms with Crippen molar-refractivity contribution in [1.82, 2.24) is 0 Å². The second-order valence-electron chi connectivity index (χ2n) is 5.62. The van der Waals surface area contributed by atoms with E-state index in [4.69, 9.17) is 0 Å². The highest BCUT2D eigenvalue weighted by molar-refractivity contribution is 5.99. The summed E-state index contributed by atoms with van der Waals surface area (Å²) < 4.78 is 0. The van der Waals surface area contributed by atoms with Crippen LogP contribution in [0.25, 0.3) is 0 Å². The molecule has 1 unspecified atom stereocenters. The molecule has 1 aliphatic heterocycles. The van der Waals surface area contributed by atoms with Crippen LogP contribution in [0.5, 0.6) is 0 Å². The Labute approximate surface area is 132 Å². The lowest BCUT2D eigenvalue weighted by Crippen LogP contribution is -2.22. The molecule has 0 saturated heterocycles. The lowest BCUT2D eigenvalue weighted by atomic mass is 9.98. The number of anilines is 1. The van der Waals surface area contributed by atoms with E-state index < -0.39 is 0 Å². The Hall–Kier alpha value is -2.23. The zero-order valence-corrected chi connectivity index (χ0v) is 13.5. The molecule has 22 heavy (non-hydrogen) atoms. The molecular formula is C18H23N3O. The molecule has 0 N–H and O–H groups in total. The predicted molar refractivity (Wildman–Crippen MR) is 93.5 cm³/mol. The molecule has 0 radical (unpaired) electrons. The first-order valence-electron chi connectivity index (χ1n) is 7.58. The van der Waals surface area contributed by atoms with E-state index in [1.807, 2.05) is 6.92 Å². The van der Waals surface area contributed by atoms with E-state index in [2.05, 4.69) is 59.8 Å².